The summed E-state index contributed by atoms with van der Waals surface area (Å²) in [5.74, 6) is -0.648. The van der Waals surface area contributed by atoms with Crippen molar-refractivity contribution >= 4 is 28.8 Å². The lowest BCUT2D eigenvalue weighted by Gasteiger charge is -2.12. The van der Waals surface area contributed by atoms with Crippen molar-refractivity contribution in [3.8, 4) is 6.07 Å². The van der Waals surface area contributed by atoms with Gasteiger partial charge in [-0.3, -0.25) is 14.4 Å². The second kappa shape index (κ2) is 9.87. The van der Waals surface area contributed by atoms with Crippen molar-refractivity contribution < 1.29 is 9.59 Å². The molecule has 0 fully saturated rings. The molecular formula is C23H22N4O3S. The fourth-order valence-corrected chi connectivity index (χ4v) is 3.91. The van der Waals surface area contributed by atoms with Gasteiger partial charge in [-0.1, -0.05) is 12.1 Å². The van der Waals surface area contributed by atoms with Gasteiger partial charge in [0.1, 0.15) is 18.2 Å². The van der Waals surface area contributed by atoms with Crippen LogP contribution in [-0.2, 0) is 17.8 Å². The van der Waals surface area contributed by atoms with Crippen molar-refractivity contribution in [2.75, 3.05) is 11.9 Å². The Hall–Kier alpha value is -3.70. The fourth-order valence-electron chi connectivity index (χ4n) is 3.20. The predicted molar refractivity (Wildman–Crippen MR) is 120 cm³/mol. The summed E-state index contributed by atoms with van der Waals surface area (Å²) in [5, 5.41) is 16.8. The Balaban J connectivity index is 1.64. The second-order valence-corrected chi connectivity index (χ2v) is 8.09. The number of hydrogen-bond acceptors (Lipinski definition) is 5. The summed E-state index contributed by atoms with van der Waals surface area (Å²) in [6.45, 7) is 3.70. The van der Waals surface area contributed by atoms with Gasteiger partial charge in [-0.15, -0.1) is 11.3 Å². The molecule has 2 amide bonds. The number of aryl methyl sites for hydroxylation is 2. The first-order valence-electron chi connectivity index (χ1n) is 9.70. The van der Waals surface area contributed by atoms with Crippen molar-refractivity contribution in [1.82, 2.24) is 9.88 Å². The molecule has 0 aliphatic heterocycles. The average molecular weight is 435 g/mol. The molecule has 7 nitrogen and oxygen atoms in total. The Kier molecular flexibility index (Phi) is 7.00. The first-order chi connectivity index (χ1) is 14.9. The lowest BCUT2D eigenvalue weighted by atomic mass is 10.1. The number of thiophene rings is 1. The SMILES string of the molecule is Cc1cc(C)n(CC(=O)Nc2cccc(C(=O)NCCc3cccs3)c2)c(=O)c1C#N. The van der Waals surface area contributed by atoms with E-state index in [0.29, 0.717) is 29.1 Å². The molecule has 158 valence electrons. The van der Waals surface area contributed by atoms with Gasteiger partial charge in [0.05, 0.1) is 0 Å². The molecule has 3 aromatic rings. The fraction of sp³-hybridized carbons (Fsp3) is 0.217. The Morgan fingerprint density at radius 3 is 2.68 bits per heavy atom. The molecule has 3 rings (SSSR count). The maximum atomic E-state index is 12.5. The number of benzene rings is 1. The van der Waals surface area contributed by atoms with Gasteiger partial charge in [0.15, 0.2) is 0 Å². The zero-order chi connectivity index (χ0) is 22.4. The minimum atomic E-state index is -0.492. The van der Waals surface area contributed by atoms with Crippen LogP contribution < -0.4 is 16.2 Å². The summed E-state index contributed by atoms with van der Waals surface area (Å²) < 4.78 is 1.27. The van der Waals surface area contributed by atoms with E-state index >= 15 is 0 Å². The summed E-state index contributed by atoms with van der Waals surface area (Å²) in [6.07, 6.45) is 0.759. The predicted octanol–water partition coefficient (Wildman–Crippen LogP) is 3.01. The van der Waals surface area contributed by atoms with E-state index in [0.717, 1.165) is 6.42 Å². The minimum Gasteiger partial charge on any atom is -0.352 e. The number of pyridine rings is 1. The van der Waals surface area contributed by atoms with Gasteiger partial charge in [-0.05, 0) is 61.5 Å². The molecule has 0 saturated heterocycles. The van der Waals surface area contributed by atoms with E-state index in [-0.39, 0.29) is 18.0 Å². The monoisotopic (exact) mass is 434 g/mol. The van der Waals surface area contributed by atoms with Crippen molar-refractivity contribution in [3.63, 3.8) is 0 Å². The molecule has 2 aromatic heterocycles. The average Bonchev–Trinajstić information content (AvgIpc) is 3.25. The van der Waals surface area contributed by atoms with Crippen LogP contribution in [0.4, 0.5) is 5.69 Å². The normalized spacial score (nSPS) is 10.4. The van der Waals surface area contributed by atoms with E-state index in [1.807, 2.05) is 23.6 Å². The topological polar surface area (TPSA) is 104 Å². The third-order valence-electron chi connectivity index (χ3n) is 4.76. The lowest BCUT2D eigenvalue weighted by molar-refractivity contribution is -0.116. The first kappa shape index (κ1) is 22.0. The highest BCUT2D eigenvalue weighted by Gasteiger charge is 2.14. The molecular weight excluding hydrogens is 412 g/mol. The van der Waals surface area contributed by atoms with Crippen LogP contribution in [0.3, 0.4) is 0 Å². The Morgan fingerprint density at radius 2 is 1.97 bits per heavy atom. The third-order valence-corrected chi connectivity index (χ3v) is 5.70. The lowest BCUT2D eigenvalue weighted by Crippen LogP contribution is -2.31. The maximum Gasteiger partial charge on any atom is 0.269 e. The van der Waals surface area contributed by atoms with Gasteiger partial charge >= 0.3 is 0 Å². The number of carbonyl (C=O) groups is 2. The first-order valence-corrected chi connectivity index (χ1v) is 10.6. The number of amides is 2. The summed E-state index contributed by atoms with van der Waals surface area (Å²) in [4.78, 5) is 38.6. The van der Waals surface area contributed by atoms with Gasteiger partial charge in [-0.25, -0.2) is 0 Å². The molecule has 0 atom stereocenters. The van der Waals surface area contributed by atoms with Gasteiger partial charge in [-0.2, -0.15) is 5.26 Å². The van der Waals surface area contributed by atoms with Gasteiger partial charge < -0.3 is 15.2 Å². The molecule has 2 heterocycles. The molecule has 0 spiro atoms. The number of hydrogen-bond donors (Lipinski definition) is 2. The van der Waals surface area contributed by atoms with Crippen LogP contribution in [0.2, 0.25) is 0 Å². The molecule has 8 heteroatoms. The van der Waals surface area contributed by atoms with Crippen molar-refractivity contribution in [2.45, 2.75) is 26.8 Å². The Morgan fingerprint density at radius 1 is 1.16 bits per heavy atom. The van der Waals surface area contributed by atoms with E-state index < -0.39 is 11.5 Å². The van der Waals surface area contributed by atoms with E-state index in [1.165, 1.54) is 9.44 Å². The zero-order valence-electron chi connectivity index (χ0n) is 17.3. The summed E-state index contributed by atoms with van der Waals surface area (Å²) in [6, 6.07) is 14.2. The molecule has 31 heavy (non-hydrogen) atoms. The third kappa shape index (κ3) is 5.47. The number of nitriles is 1. The second-order valence-electron chi connectivity index (χ2n) is 7.06. The van der Waals surface area contributed by atoms with Crippen LogP contribution in [0.5, 0.6) is 0 Å². The quantitative estimate of drug-likeness (QED) is 0.596. The molecule has 0 bridgehead atoms. The number of aromatic nitrogens is 1. The highest BCUT2D eigenvalue weighted by atomic mass is 32.1. The summed E-state index contributed by atoms with van der Waals surface area (Å²) in [5.41, 5.74) is 1.59. The maximum absolute atomic E-state index is 12.5. The van der Waals surface area contributed by atoms with Crippen LogP contribution >= 0.6 is 11.3 Å². The molecule has 1 aromatic carbocycles. The Labute approximate surface area is 184 Å². The van der Waals surface area contributed by atoms with Crippen LogP contribution in [0.25, 0.3) is 0 Å². The van der Waals surface area contributed by atoms with Crippen molar-refractivity contribution in [3.05, 3.63) is 85.5 Å². The highest BCUT2D eigenvalue weighted by Crippen LogP contribution is 2.12. The van der Waals surface area contributed by atoms with Gasteiger partial charge in [0.25, 0.3) is 11.5 Å². The number of nitrogens with one attached hydrogen (secondary N) is 2. The van der Waals surface area contributed by atoms with Gasteiger partial charge in [0, 0.05) is 28.4 Å². The van der Waals surface area contributed by atoms with Gasteiger partial charge in [0.2, 0.25) is 5.91 Å². The summed E-state index contributed by atoms with van der Waals surface area (Å²) >= 11 is 1.64. The molecule has 0 aliphatic carbocycles. The van der Waals surface area contributed by atoms with Crippen molar-refractivity contribution in [2.24, 2.45) is 0 Å². The van der Waals surface area contributed by atoms with E-state index in [9.17, 15) is 19.6 Å². The highest BCUT2D eigenvalue weighted by molar-refractivity contribution is 7.09. The van der Waals surface area contributed by atoms with Crippen LogP contribution in [0, 0.1) is 25.2 Å². The number of nitrogens with zero attached hydrogens (tertiary/aromatic N) is 2. The number of carbonyl (C=O) groups excluding carboxylic acids is 2. The van der Waals surface area contributed by atoms with Crippen LogP contribution in [0.15, 0.2) is 52.6 Å². The molecule has 0 unspecified atom stereocenters. The largest absolute Gasteiger partial charge is 0.352 e. The van der Waals surface area contributed by atoms with E-state index in [2.05, 4.69) is 10.6 Å². The molecule has 0 radical (unpaired) electrons. The minimum absolute atomic E-state index is 0.0274. The van der Waals surface area contributed by atoms with Crippen LogP contribution in [-0.4, -0.2) is 22.9 Å². The standard InChI is InChI=1S/C23H22N4O3S/c1-15-11-16(2)27(23(30)20(15)13-24)14-21(28)26-18-6-3-5-17(12-18)22(29)25-9-8-19-7-4-10-31-19/h3-7,10-12H,8-9,14H2,1-2H3,(H,25,29)(H,26,28). The van der Waals surface area contributed by atoms with Crippen LogP contribution in [0.1, 0.15) is 32.1 Å². The molecule has 2 N–H and O–H groups in total. The Bertz CT molecular complexity index is 1210. The number of rotatable bonds is 7. The van der Waals surface area contributed by atoms with E-state index in [4.69, 9.17) is 0 Å². The van der Waals surface area contributed by atoms with E-state index in [1.54, 1.807) is 55.5 Å². The van der Waals surface area contributed by atoms with Crippen molar-refractivity contribution in [1.29, 1.82) is 5.26 Å². The summed E-state index contributed by atoms with van der Waals surface area (Å²) in [7, 11) is 0. The smallest absolute Gasteiger partial charge is 0.269 e. The number of anilines is 1. The molecule has 0 aliphatic rings. The molecule has 0 saturated carbocycles. The zero-order valence-corrected chi connectivity index (χ0v) is 18.1.